The number of methoxy groups -OCH3 is 1. The number of sulfonamides is 1. The zero-order valence-corrected chi connectivity index (χ0v) is 19.2. The quantitative estimate of drug-likeness (QED) is 0.284. The van der Waals surface area contributed by atoms with Gasteiger partial charge in [-0.05, 0) is 36.2 Å². The molecule has 1 atom stereocenters. The van der Waals surface area contributed by atoms with Crippen molar-refractivity contribution in [1.29, 1.82) is 0 Å². The molecule has 34 heavy (non-hydrogen) atoms. The van der Waals surface area contributed by atoms with E-state index in [-0.39, 0.29) is 28.2 Å². The number of carboxylic acid groups (broad SMARTS) is 2. The van der Waals surface area contributed by atoms with E-state index in [0.717, 1.165) is 6.07 Å². The lowest BCUT2D eigenvalue weighted by atomic mass is 10.0. The van der Waals surface area contributed by atoms with Gasteiger partial charge in [-0.25, -0.2) is 22.7 Å². The zero-order valence-electron chi connectivity index (χ0n) is 18.4. The first-order valence-corrected chi connectivity index (χ1v) is 11.7. The minimum absolute atomic E-state index is 0.0274. The Morgan fingerprint density at radius 1 is 1.06 bits per heavy atom. The van der Waals surface area contributed by atoms with Crippen molar-refractivity contribution in [3.63, 3.8) is 0 Å². The van der Waals surface area contributed by atoms with E-state index in [1.165, 1.54) is 31.4 Å². The van der Waals surface area contributed by atoms with E-state index in [0.29, 0.717) is 19.6 Å². The second-order valence-electron chi connectivity index (χ2n) is 7.13. The van der Waals surface area contributed by atoms with Crippen LogP contribution in [0.25, 0.3) is 0 Å². The minimum Gasteiger partial charge on any atom is -0.481 e. The number of carbonyl (C=O) groups is 3. The van der Waals surface area contributed by atoms with E-state index >= 15 is 0 Å². The standard InChI is InChI=1S/C22H26N2O9S/c1-32-11-5-10-23-20(25)13-18(24-34(30,31)16-6-3-2-4-7-16)15-8-9-19(33-14-21(26)27)17(12-15)22(28)29/h2-4,6-9,12,18,24H,5,10-11,13-14H2,1H3,(H,23,25)(H,26,27)(H,28,29). The zero-order chi connectivity index (χ0) is 25.1. The molecule has 1 amide bonds. The van der Waals surface area contributed by atoms with E-state index in [4.69, 9.17) is 14.6 Å². The number of benzene rings is 2. The van der Waals surface area contributed by atoms with Gasteiger partial charge < -0.3 is 25.0 Å². The Labute approximate surface area is 196 Å². The van der Waals surface area contributed by atoms with Crippen molar-refractivity contribution < 1.29 is 42.5 Å². The van der Waals surface area contributed by atoms with Gasteiger partial charge in [0, 0.05) is 26.7 Å². The second-order valence-corrected chi connectivity index (χ2v) is 8.84. The van der Waals surface area contributed by atoms with Crippen molar-refractivity contribution in [3.8, 4) is 5.75 Å². The maximum atomic E-state index is 12.9. The van der Waals surface area contributed by atoms with Crippen molar-refractivity contribution in [1.82, 2.24) is 10.0 Å². The number of rotatable bonds is 14. The lowest BCUT2D eigenvalue weighted by Crippen LogP contribution is -2.34. The van der Waals surface area contributed by atoms with Gasteiger partial charge >= 0.3 is 11.9 Å². The Hall–Kier alpha value is -3.48. The molecule has 0 radical (unpaired) electrons. The smallest absolute Gasteiger partial charge is 0.341 e. The highest BCUT2D eigenvalue weighted by Crippen LogP contribution is 2.27. The fourth-order valence-electron chi connectivity index (χ4n) is 2.98. The lowest BCUT2D eigenvalue weighted by molar-refractivity contribution is -0.139. The molecular weight excluding hydrogens is 468 g/mol. The Bertz CT molecular complexity index is 1100. The number of amides is 1. The van der Waals surface area contributed by atoms with Gasteiger partial charge in [-0.1, -0.05) is 24.3 Å². The van der Waals surface area contributed by atoms with Crippen molar-refractivity contribution in [3.05, 3.63) is 59.7 Å². The molecule has 0 bridgehead atoms. The van der Waals surface area contributed by atoms with Crippen LogP contribution in [0.4, 0.5) is 0 Å². The Morgan fingerprint density at radius 3 is 2.38 bits per heavy atom. The molecule has 0 aliphatic heterocycles. The van der Waals surface area contributed by atoms with E-state index < -0.39 is 40.5 Å². The van der Waals surface area contributed by atoms with Gasteiger partial charge in [0.1, 0.15) is 11.3 Å². The average molecular weight is 495 g/mol. The SMILES string of the molecule is COCCCNC(=O)CC(NS(=O)(=O)c1ccccc1)c1ccc(OCC(=O)O)c(C(=O)O)c1. The minimum atomic E-state index is -4.05. The van der Waals surface area contributed by atoms with Crippen LogP contribution in [-0.2, 0) is 24.3 Å². The van der Waals surface area contributed by atoms with Gasteiger partial charge in [0.15, 0.2) is 6.61 Å². The van der Waals surface area contributed by atoms with Gasteiger partial charge in [0.05, 0.1) is 10.9 Å². The summed E-state index contributed by atoms with van der Waals surface area (Å²) in [5.41, 5.74) is -0.185. The third-order valence-electron chi connectivity index (χ3n) is 4.58. The molecule has 0 aliphatic rings. The highest BCUT2D eigenvalue weighted by atomic mass is 32.2. The van der Waals surface area contributed by atoms with Gasteiger partial charge in [-0.3, -0.25) is 4.79 Å². The molecule has 0 aliphatic carbocycles. The van der Waals surface area contributed by atoms with Crippen LogP contribution >= 0.6 is 0 Å². The number of carboxylic acids is 2. The molecule has 0 aromatic heterocycles. The molecule has 0 spiro atoms. The van der Waals surface area contributed by atoms with Crippen molar-refractivity contribution in [2.45, 2.75) is 23.8 Å². The summed E-state index contributed by atoms with van der Waals surface area (Å²) in [4.78, 5) is 34.9. The molecule has 2 rings (SSSR count). The number of carbonyl (C=O) groups excluding carboxylic acids is 1. The van der Waals surface area contributed by atoms with E-state index in [1.807, 2.05) is 0 Å². The van der Waals surface area contributed by atoms with E-state index in [2.05, 4.69) is 10.0 Å². The molecule has 2 aromatic rings. The fraction of sp³-hybridized carbons (Fsp3) is 0.318. The number of aromatic carboxylic acids is 1. The highest BCUT2D eigenvalue weighted by molar-refractivity contribution is 7.89. The van der Waals surface area contributed by atoms with Crippen LogP contribution in [0.5, 0.6) is 5.75 Å². The summed E-state index contributed by atoms with van der Waals surface area (Å²) in [5, 5.41) is 21.0. The van der Waals surface area contributed by atoms with Crippen LogP contribution in [0.15, 0.2) is 53.4 Å². The summed E-state index contributed by atoms with van der Waals surface area (Å²) in [6.07, 6.45) is 0.245. The summed E-state index contributed by atoms with van der Waals surface area (Å²) in [6, 6.07) is 10.1. The third-order valence-corrected chi connectivity index (χ3v) is 6.06. The normalized spacial score (nSPS) is 12.0. The molecule has 0 fully saturated rings. The first-order valence-electron chi connectivity index (χ1n) is 10.2. The van der Waals surface area contributed by atoms with Crippen molar-refractivity contribution in [2.24, 2.45) is 0 Å². The Balaban J connectivity index is 2.36. The first-order chi connectivity index (χ1) is 16.1. The maximum Gasteiger partial charge on any atom is 0.341 e. The number of hydrogen-bond donors (Lipinski definition) is 4. The van der Waals surface area contributed by atoms with Crippen LogP contribution in [0.1, 0.15) is 34.8 Å². The Kier molecular flexibility index (Phi) is 9.98. The van der Waals surface area contributed by atoms with Gasteiger partial charge in [0.25, 0.3) is 0 Å². The topological polar surface area (TPSA) is 168 Å². The van der Waals surface area contributed by atoms with Crippen LogP contribution in [0, 0.1) is 0 Å². The maximum absolute atomic E-state index is 12.9. The monoisotopic (exact) mass is 494 g/mol. The van der Waals surface area contributed by atoms with Gasteiger partial charge in [-0.2, -0.15) is 0 Å². The van der Waals surface area contributed by atoms with Crippen molar-refractivity contribution in [2.75, 3.05) is 26.9 Å². The average Bonchev–Trinajstić information content (AvgIpc) is 2.80. The van der Waals surface area contributed by atoms with Crippen LogP contribution < -0.4 is 14.8 Å². The van der Waals surface area contributed by atoms with Gasteiger partial charge in [0.2, 0.25) is 15.9 Å². The third kappa shape index (κ3) is 8.14. The largest absolute Gasteiger partial charge is 0.481 e. The van der Waals surface area contributed by atoms with Crippen LogP contribution in [0.3, 0.4) is 0 Å². The molecule has 184 valence electrons. The summed E-state index contributed by atoms with van der Waals surface area (Å²) in [5.74, 6) is -3.36. The fourth-order valence-corrected chi connectivity index (χ4v) is 4.23. The second kappa shape index (κ2) is 12.7. The molecule has 12 heteroatoms. The summed E-state index contributed by atoms with van der Waals surface area (Å²) < 4.78 is 38.2. The van der Waals surface area contributed by atoms with E-state index in [9.17, 15) is 27.9 Å². The number of hydrogen-bond acceptors (Lipinski definition) is 7. The predicted molar refractivity (Wildman–Crippen MR) is 120 cm³/mol. The number of ether oxygens (including phenoxy) is 2. The molecule has 2 aromatic carbocycles. The molecule has 11 nitrogen and oxygen atoms in total. The number of nitrogens with one attached hydrogen (secondary N) is 2. The molecule has 0 saturated carbocycles. The molecule has 0 saturated heterocycles. The molecular formula is C22H26N2O9S. The highest BCUT2D eigenvalue weighted by Gasteiger charge is 2.25. The number of aliphatic carboxylic acids is 1. The van der Waals surface area contributed by atoms with Gasteiger partial charge in [-0.15, -0.1) is 0 Å². The van der Waals surface area contributed by atoms with E-state index in [1.54, 1.807) is 18.2 Å². The van der Waals surface area contributed by atoms with Crippen molar-refractivity contribution >= 4 is 27.9 Å². The lowest BCUT2D eigenvalue weighted by Gasteiger charge is -2.20. The first kappa shape index (κ1) is 26.8. The molecule has 4 N–H and O–H groups in total. The Morgan fingerprint density at radius 2 is 1.76 bits per heavy atom. The molecule has 0 heterocycles. The predicted octanol–water partition coefficient (Wildman–Crippen LogP) is 1.41. The van der Waals surface area contributed by atoms with Crippen LogP contribution in [0.2, 0.25) is 0 Å². The summed E-state index contributed by atoms with van der Waals surface area (Å²) in [7, 11) is -2.53. The summed E-state index contributed by atoms with van der Waals surface area (Å²) in [6.45, 7) is -0.00906. The van der Waals surface area contributed by atoms with Crippen LogP contribution in [-0.4, -0.2) is 63.3 Å². The summed E-state index contributed by atoms with van der Waals surface area (Å²) >= 11 is 0. The molecule has 1 unspecified atom stereocenters.